The largest absolute Gasteiger partial charge is 0.417 e. The van der Waals surface area contributed by atoms with Crippen LogP contribution in [-0.2, 0) is 30.5 Å². The SMILES string of the molecule is O=C(CO)N1CCc2c(c(-c3ccc(C(F)(F)F)c(SCCN4CCC(F)CC4)c3)nn2CC(O)CN2CCCCC2)C1. The molecule has 238 valence electrons. The molecule has 13 heteroatoms. The molecule has 1 atom stereocenters. The average Bonchev–Trinajstić information content (AvgIpc) is 3.35. The normalized spacial score (nSPS) is 19.9. The van der Waals surface area contributed by atoms with Crippen LogP contribution in [0.15, 0.2) is 23.1 Å². The number of aliphatic hydroxyl groups is 2. The van der Waals surface area contributed by atoms with Gasteiger partial charge in [0.15, 0.2) is 0 Å². The van der Waals surface area contributed by atoms with Gasteiger partial charge in [-0.2, -0.15) is 18.3 Å². The van der Waals surface area contributed by atoms with Crippen molar-refractivity contribution in [2.24, 2.45) is 0 Å². The van der Waals surface area contributed by atoms with Crippen molar-refractivity contribution in [3.63, 3.8) is 0 Å². The van der Waals surface area contributed by atoms with Gasteiger partial charge in [-0.05, 0) is 50.9 Å². The van der Waals surface area contributed by atoms with Crippen LogP contribution in [0.25, 0.3) is 11.3 Å². The number of aromatic nitrogens is 2. The summed E-state index contributed by atoms with van der Waals surface area (Å²) in [6, 6.07) is 4.02. The second kappa shape index (κ2) is 14.3. The third-order valence-corrected chi connectivity index (χ3v) is 9.70. The molecule has 0 spiro atoms. The van der Waals surface area contributed by atoms with E-state index in [9.17, 15) is 32.6 Å². The molecular formula is C30H41F4N5O3S. The number of carbonyl (C=O) groups is 1. The number of aliphatic hydroxyl groups excluding tert-OH is 2. The number of likely N-dealkylation sites (tertiary alicyclic amines) is 2. The Labute approximate surface area is 254 Å². The fourth-order valence-electron chi connectivity index (χ4n) is 6.32. The zero-order valence-electron chi connectivity index (χ0n) is 24.4. The van der Waals surface area contributed by atoms with Gasteiger partial charge in [0.2, 0.25) is 5.91 Å². The van der Waals surface area contributed by atoms with Crippen LogP contribution in [0.1, 0.15) is 48.9 Å². The van der Waals surface area contributed by atoms with Crippen LogP contribution in [0.3, 0.4) is 0 Å². The number of hydrogen-bond acceptors (Lipinski definition) is 7. The first kappa shape index (κ1) is 32.2. The van der Waals surface area contributed by atoms with Crippen LogP contribution >= 0.6 is 11.8 Å². The van der Waals surface area contributed by atoms with Crippen molar-refractivity contribution in [2.45, 2.75) is 75.0 Å². The summed E-state index contributed by atoms with van der Waals surface area (Å²) in [4.78, 5) is 18.3. The lowest BCUT2D eigenvalue weighted by Gasteiger charge is -2.29. The maximum Gasteiger partial charge on any atom is 0.417 e. The highest BCUT2D eigenvalue weighted by molar-refractivity contribution is 7.99. The summed E-state index contributed by atoms with van der Waals surface area (Å²) in [7, 11) is 0. The van der Waals surface area contributed by atoms with Crippen LogP contribution < -0.4 is 0 Å². The molecule has 2 saturated heterocycles. The minimum absolute atomic E-state index is 0.0953. The zero-order chi connectivity index (χ0) is 30.6. The van der Waals surface area contributed by atoms with Gasteiger partial charge in [0.25, 0.3) is 0 Å². The molecule has 1 aromatic heterocycles. The van der Waals surface area contributed by atoms with Crippen molar-refractivity contribution in [1.29, 1.82) is 0 Å². The lowest BCUT2D eigenvalue weighted by molar-refractivity contribution is -0.139. The fourth-order valence-corrected chi connectivity index (χ4v) is 7.44. The average molecular weight is 628 g/mol. The molecule has 43 heavy (non-hydrogen) atoms. The Morgan fingerprint density at radius 3 is 2.49 bits per heavy atom. The highest BCUT2D eigenvalue weighted by Gasteiger charge is 2.35. The lowest BCUT2D eigenvalue weighted by atomic mass is 9.99. The molecule has 1 amide bonds. The van der Waals surface area contributed by atoms with Gasteiger partial charge in [-0.1, -0.05) is 12.5 Å². The Kier molecular flexibility index (Phi) is 10.7. The Bertz CT molecular complexity index is 1250. The summed E-state index contributed by atoms with van der Waals surface area (Å²) in [5, 5.41) is 25.2. The molecule has 0 bridgehead atoms. The molecule has 3 aliphatic heterocycles. The number of amides is 1. The predicted octanol–water partition coefficient (Wildman–Crippen LogP) is 3.82. The van der Waals surface area contributed by atoms with Crippen molar-refractivity contribution in [3.05, 3.63) is 35.0 Å². The highest BCUT2D eigenvalue weighted by Crippen LogP contribution is 2.40. The molecule has 1 unspecified atom stereocenters. The number of halogens is 4. The Hall–Kier alpha value is -2.19. The first-order valence-electron chi connectivity index (χ1n) is 15.2. The molecule has 0 radical (unpaired) electrons. The van der Waals surface area contributed by atoms with Crippen LogP contribution in [0.4, 0.5) is 17.6 Å². The molecule has 2 fully saturated rings. The summed E-state index contributed by atoms with van der Waals surface area (Å²) in [5.41, 5.74) is 1.85. The quantitative estimate of drug-likeness (QED) is 0.306. The fraction of sp³-hybridized carbons (Fsp3) is 0.667. The van der Waals surface area contributed by atoms with E-state index in [1.54, 1.807) is 4.68 Å². The van der Waals surface area contributed by atoms with Gasteiger partial charge in [-0.3, -0.25) is 9.48 Å². The van der Waals surface area contributed by atoms with E-state index in [1.165, 1.54) is 23.5 Å². The first-order chi connectivity index (χ1) is 20.6. The van der Waals surface area contributed by atoms with Crippen molar-refractivity contribution in [3.8, 4) is 11.3 Å². The third-order valence-electron chi connectivity index (χ3n) is 8.67. The van der Waals surface area contributed by atoms with E-state index in [2.05, 4.69) is 9.80 Å². The highest BCUT2D eigenvalue weighted by atomic mass is 32.2. The molecule has 0 aliphatic carbocycles. The Balaban J connectivity index is 1.41. The van der Waals surface area contributed by atoms with E-state index in [1.807, 2.05) is 0 Å². The topological polar surface area (TPSA) is 85.1 Å². The Morgan fingerprint density at radius 2 is 1.79 bits per heavy atom. The smallest absolute Gasteiger partial charge is 0.390 e. The second-order valence-corrected chi connectivity index (χ2v) is 12.9. The van der Waals surface area contributed by atoms with Crippen LogP contribution in [0.5, 0.6) is 0 Å². The molecular weight excluding hydrogens is 586 g/mol. The summed E-state index contributed by atoms with van der Waals surface area (Å²) in [5.74, 6) is 0.00673. The van der Waals surface area contributed by atoms with Gasteiger partial charge in [0.1, 0.15) is 12.8 Å². The van der Waals surface area contributed by atoms with Gasteiger partial charge >= 0.3 is 6.18 Å². The standard InChI is InChI=1S/C30H41F4N5O3S/c31-22-6-11-36(12-7-22)14-15-43-27-16-21(4-5-25(27)30(32,33)34)29-24-19-38(28(42)20-40)13-8-26(24)39(35-29)18-23(41)17-37-9-2-1-3-10-37/h4-5,16,22-23,40-41H,1-3,6-15,17-20H2. The number of carbonyl (C=O) groups excluding carboxylic acids is 1. The molecule has 5 rings (SSSR count). The summed E-state index contributed by atoms with van der Waals surface area (Å²) < 4.78 is 57.3. The zero-order valence-corrected chi connectivity index (χ0v) is 25.2. The molecule has 3 aliphatic rings. The molecule has 4 heterocycles. The molecule has 1 aromatic carbocycles. The van der Waals surface area contributed by atoms with Crippen LogP contribution in [0.2, 0.25) is 0 Å². The van der Waals surface area contributed by atoms with E-state index >= 15 is 0 Å². The van der Waals surface area contributed by atoms with Crippen LogP contribution in [0, 0.1) is 0 Å². The second-order valence-electron chi connectivity index (χ2n) is 11.8. The number of rotatable bonds is 10. The van der Waals surface area contributed by atoms with Crippen molar-refractivity contribution >= 4 is 17.7 Å². The number of nitrogens with zero attached hydrogens (tertiary/aromatic N) is 5. The van der Waals surface area contributed by atoms with E-state index in [0.29, 0.717) is 69.0 Å². The van der Waals surface area contributed by atoms with E-state index in [-0.39, 0.29) is 18.0 Å². The van der Waals surface area contributed by atoms with Crippen molar-refractivity contribution < 1.29 is 32.6 Å². The summed E-state index contributed by atoms with van der Waals surface area (Å²) >= 11 is 1.13. The van der Waals surface area contributed by atoms with Gasteiger partial charge in [0, 0.05) is 73.2 Å². The van der Waals surface area contributed by atoms with Crippen molar-refractivity contribution in [1.82, 2.24) is 24.5 Å². The number of fused-ring (bicyclic) bond motifs is 1. The lowest BCUT2D eigenvalue weighted by Crippen LogP contribution is -2.39. The molecule has 0 saturated carbocycles. The number of thioether (sulfide) groups is 1. The van der Waals surface area contributed by atoms with Gasteiger partial charge in [0.05, 0.1) is 23.9 Å². The summed E-state index contributed by atoms with van der Waals surface area (Å²) in [6.07, 6.45) is -1.26. The number of benzene rings is 1. The minimum Gasteiger partial charge on any atom is -0.390 e. The minimum atomic E-state index is -4.53. The summed E-state index contributed by atoms with van der Waals surface area (Å²) in [6.45, 7) is 4.35. The van der Waals surface area contributed by atoms with E-state index in [0.717, 1.165) is 55.0 Å². The van der Waals surface area contributed by atoms with Gasteiger partial charge < -0.3 is 24.9 Å². The maximum absolute atomic E-state index is 14.0. The molecule has 2 aromatic rings. The maximum atomic E-state index is 14.0. The van der Waals surface area contributed by atoms with Gasteiger partial charge in [-0.25, -0.2) is 4.39 Å². The van der Waals surface area contributed by atoms with E-state index < -0.39 is 36.5 Å². The van der Waals surface area contributed by atoms with Crippen molar-refractivity contribution in [2.75, 3.05) is 58.2 Å². The van der Waals surface area contributed by atoms with E-state index in [4.69, 9.17) is 5.10 Å². The molecule has 2 N–H and O–H groups in total. The predicted molar refractivity (Wildman–Crippen MR) is 156 cm³/mol. The number of β-amino-alcohol motifs (C(OH)–C–C–N with tert-alkyl or cyclic N) is 1. The Morgan fingerprint density at radius 1 is 1.05 bits per heavy atom. The number of piperidine rings is 2. The third kappa shape index (κ3) is 8.10. The first-order valence-corrected chi connectivity index (χ1v) is 16.2. The number of alkyl halides is 4. The van der Waals surface area contributed by atoms with Gasteiger partial charge in [-0.15, -0.1) is 11.8 Å². The van der Waals surface area contributed by atoms with Crippen LogP contribution in [-0.4, -0.2) is 111 Å². The monoisotopic (exact) mass is 627 g/mol. The molecule has 8 nitrogen and oxygen atoms in total. The number of hydrogen-bond donors (Lipinski definition) is 2.